The van der Waals surface area contributed by atoms with Gasteiger partial charge in [-0.15, -0.1) is 0 Å². The molecule has 0 radical (unpaired) electrons. The van der Waals surface area contributed by atoms with E-state index in [9.17, 15) is 0 Å². The summed E-state index contributed by atoms with van der Waals surface area (Å²) in [6.07, 6.45) is 7.63. The van der Waals surface area contributed by atoms with Crippen LogP contribution in [0.3, 0.4) is 0 Å². The van der Waals surface area contributed by atoms with E-state index in [0.29, 0.717) is 0 Å². The first-order chi connectivity index (χ1) is 7.57. The van der Waals surface area contributed by atoms with Gasteiger partial charge in [0.05, 0.1) is 0 Å². The minimum Gasteiger partial charge on any atom is -0.0877 e. The molecule has 0 N–H and O–H groups in total. The summed E-state index contributed by atoms with van der Waals surface area (Å²) in [4.78, 5) is 0. The van der Waals surface area contributed by atoms with Gasteiger partial charge in [-0.05, 0) is 37.0 Å². The molecule has 0 unspecified atom stereocenters. The highest BCUT2D eigenvalue weighted by atomic mass is 14.4. The Morgan fingerprint density at radius 3 is 2.62 bits per heavy atom. The Morgan fingerprint density at radius 2 is 2.00 bits per heavy atom. The average Bonchev–Trinajstić information content (AvgIpc) is 2.50. The first-order valence-electron chi connectivity index (χ1n) is 5.98. The van der Waals surface area contributed by atoms with Crippen molar-refractivity contribution < 1.29 is 0 Å². The van der Waals surface area contributed by atoms with E-state index < -0.39 is 0 Å². The molecule has 0 spiro atoms. The van der Waals surface area contributed by atoms with Gasteiger partial charge in [0.25, 0.3) is 0 Å². The Labute approximate surface area is 98.7 Å². The van der Waals surface area contributed by atoms with Gasteiger partial charge in [-0.2, -0.15) is 0 Å². The fourth-order valence-electron chi connectivity index (χ4n) is 2.59. The summed E-state index contributed by atoms with van der Waals surface area (Å²) >= 11 is 0. The van der Waals surface area contributed by atoms with Crippen molar-refractivity contribution in [2.24, 2.45) is 0 Å². The maximum Gasteiger partial charge on any atom is 0.0114 e. The molecule has 0 heteroatoms. The molecule has 1 aliphatic carbocycles. The van der Waals surface area contributed by atoms with E-state index in [-0.39, 0.29) is 5.41 Å². The highest BCUT2D eigenvalue weighted by Gasteiger charge is 2.34. The van der Waals surface area contributed by atoms with Crippen molar-refractivity contribution in [3.8, 4) is 0 Å². The van der Waals surface area contributed by atoms with Crippen LogP contribution < -0.4 is 0 Å². The van der Waals surface area contributed by atoms with Crippen molar-refractivity contribution in [3.63, 3.8) is 0 Å². The standard InChI is InChI=1S/C16H20/c1-5-6-9-13-11-14-12(2)8-7-10-15(14)16(13,3)4/h5-10H,11H2,1-4H3/b6-5-,13-9+. The zero-order valence-electron chi connectivity index (χ0n) is 10.7. The lowest BCUT2D eigenvalue weighted by atomic mass is 9.82. The van der Waals surface area contributed by atoms with Gasteiger partial charge in [-0.3, -0.25) is 0 Å². The number of aryl methyl sites for hydroxylation is 1. The molecule has 0 saturated heterocycles. The van der Waals surface area contributed by atoms with Crippen molar-refractivity contribution in [3.05, 3.63) is 58.7 Å². The topological polar surface area (TPSA) is 0 Å². The molecule has 0 aromatic heterocycles. The zero-order chi connectivity index (χ0) is 11.8. The van der Waals surface area contributed by atoms with Crippen LogP contribution in [0.5, 0.6) is 0 Å². The number of rotatable bonds is 1. The van der Waals surface area contributed by atoms with Gasteiger partial charge in [0, 0.05) is 5.41 Å². The first-order valence-corrected chi connectivity index (χ1v) is 5.98. The lowest BCUT2D eigenvalue weighted by Crippen LogP contribution is -2.15. The van der Waals surface area contributed by atoms with Crippen LogP contribution in [0.2, 0.25) is 0 Å². The van der Waals surface area contributed by atoms with Gasteiger partial charge in [0.2, 0.25) is 0 Å². The number of benzene rings is 1. The van der Waals surface area contributed by atoms with Crippen LogP contribution >= 0.6 is 0 Å². The van der Waals surface area contributed by atoms with Gasteiger partial charge in [0.1, 0.15) is 0 Å². The largest absolute Gasteiger partial charge is 0.0877 e. The van der Waals surface area contributed by atoms with E-state index in [1.807, 2.05) is 0 Å². The van der Waals surface area contributed by atoms with Crippen molar-refractivity contribution in [1.29, 1.82) is 0 Å². The number of hydrogen-bond acceptors (Lipinski definition) is 0. The summed E-state index contributed by atoms with van der Waals surface area (Å²) in [6, 6.07) is 6.67. The zero-order valence-corrected chi connectivity index (χ0v) is 10.7. The van der Waals surface area contributed by atoms with Gasteiger partial charge in [-0.25, -0.2) is 0 Å². The fourth-order valence-corrected chi connectivity index (χ4v) is 2.59. The third-order valence-electron chi connectivity index (χ3n) is 3.74. The van der Waals surface area contributed by atoms with Crippen LogP contribution in [0.4, 0.5) is 0 Å². The van der Waals surface area contributed by atoms with Gasteiger partial charge < -0.3 is 0 Å². The number of allylic oxidation sites excluding steroid dienone is 4. The smallest absolute Gasteiger partial charge is 0.0114 e. The SMILES string of the molecule is C/C=C\C=C1/Cc2c(C)cccc2C1(C)C. The van der Waals surface area contributed by atoms with Crippen LogP contribution in [0.15, 0.2) is 42.0 Å². The Kier molecular flexibility index (Phi) is 2.75. The highest BCUT2D eigenvalue weighted by Crippen LogP contribution is 2.43. The Balaban J connectivity index is 2.53. The minimum atomic E-state index is 0.195. The molecule has 0 aliphatic heterocycles. The molecule has 84 valence electrons. The van der Waals surface area contributed by atoms with E-state index in [1.165, 1.54) is 22.3 Å². The molecule has 0 bridgehead atoms. The third-order valence-corrected chi connectivity index (χ3v) is 3.74. The minimum absolute atomic E-state index is 0.195. The highest BCUT2D eigenvalue weighted by molar-refractivity contribution is 5.53. The van der Waals surface area contributed by atoms with E-state index in [2.05, 4.69) is 64.1 Å². The summed E-state index contributed by atoms with van der Waals surface area (Å²) in [7, 11) is 0. The summed E-state index contributed by atoms with van der Waals surface area (Å²) in [5.41, 5.74) is 6.18. The Bertz CT molecular complexity index is 459. The lowest BCUT2D eigenvalue weighted by Gasteiger charge is -2.21. The molecule has 0 amide bonds. The number of hydrogen-bond donors (Lipinski definition) is 0. The molecular formula is C16H20. The van der Waals surface area contributed by atoms with Crippen LogP contribution in [0.25, 0.3) is 0 Å². The van der Waals surface area contributed by atoms with E-state index >= 15 is 0 Å². The Morgan fingerprint density at radius 1 is 1.25 bits per heavy atom. The lowest BCUT2D eigenvalue weighted by molar-refractivity contribution is 0.644. The van der Waals surface area contributed by atoms with Crippen molar-refractivity contribution in [2.75, 3.05) is 0 Å². The predicted octanol–water partition coefficient (Wildman–Crippen LogP) is 4.33. The van der Waals surface area contributed by atoms with Crippen LogP contribution in [0.1, 0.15) is 37.5 Å². The van der Waals surface area contributed by atoms with E-state index in [1.54, 1.807) is 0 Å². The van der Waals surface area contributed by atoms with Gasteiger partial charge in [-0.1, -0.05) is 55.8 Å². The molecule has 0 fully saturated rings. The first kappa shape index (κ1) is 11.2. The second-order valence-electron chi connectivity index (χ2n) is 5.12. The maximum atomic E-state index is 2.33. The summed E-state index contributed by atoms with van der Waals surface area (Å²) in [5.74, 6) is 0. The average molecular weight is 212 g/mol. The second-order valence-corrected chi connectivity index (χ2v) is 5.12. The molecule has 1 aromatic rings. The maximum absolute atomic E-state index is 2.33. The normalized spacial score (nSPS) is 20.6. The van der Waals surface area contributed by atoms with Crippen LogP contribution in [-0.4, -0.2) is 0 Å². The van der Waals surface area contributed by atoms with Crippen LogP contribution in [-0.2, 0) is 11.8 Å². The van der Waals surface area contributed by atoms with Crippen molar-refractivity contribution in [1.82, 2.24) is 0 Å². The molecular weight excluding hydrogens is 192 g/mol. The molecule has 0 heterocycles. The van der Waals surface area contributed by atoms with Gasteiger partial charge >= 0.3 is 0 Å². The predicted molar refractivity (Wildman–Crippen MR) is 70.8 cm³/mol. The second kappa shape index (κ2) is 3.93. The summed E-state index contributed by atoms with van der Waals surface area (Å²) < 4.78 is 0. The summed E-state index contributed by atoms with van der Waals surface area (Å²) in [5, 5.41) is 0. The molecule has 2 rings (SSSR count). The summed E-state index contributed by atoms with van der Waals surface area (Å²) in [6.45, 7) is 8.94. The Hall–Kier alpha value is -1.30. The third kappa shape index (κ3) is 1.63. The molecule has 1 aliphatic rings. The van der Waals surface area contributed by atoms with Crippen molar-refractivity contribution in [2.45, 2.75) is 39.5 Å². The van der Waals surface area contributed by atoms with E-state index in [0.717, 1.165) is 6.42 Å². The van der Waals surface area contributed by atoms with Gasteiger partial charge in [0.15, 0.2) is 0 Å². The quantitative estimate of drug-likeness (QED) is 0.650. The molecule has 0 atom stereocenters. The molecule has 1 aromatic carbocycles. The monoisotopic (exact) mass is 212 g/mol. The van der Waals surface area contributed by atoms with Crippen LogP contribution in [0, 0.1) is 6.92 Å². The number of fused-ring (bicyclic) bond motifs is 1. The molecule has 0 nitrogen and oxygen atoms in total. The molecule has 16 heavy (non-hydrogen) atoms. The fraction of sp³-hybridized carbons (Fsp3) is 0.375. The van der Waals surface area contributed by atoms with E-state index in [4.69, 9.17) is 0 Å². The van der Waals surface area contributed by atoms with Crippen molar-refractivity contribution >= 4 is 0 Å². The molecule has 0 saturated carbocycles.